The van der Waals surface area contributed by atoms with E-state index in [-0.39, 0.29) is 17.6 Å². The number of hydrogen-bond donors (Lipinski definition) is 4. The minimum atomic E-state index is -0.850. The molecule has 0 unspecified atom stereocenters. The molecule has 4 N–H and O–H groups in total. The zero-order valence-corrected chi connectivity index (χ0v) is 19.6. The van der Waals surface area contributed by atoms with Crippen molar-refractivity contribution in [1.29, 1.82) is 0 Å². The van der Waals surface area contributed by atoms with E-state index in [1.54, 1.807) is 26.0 Å². The molecule has 0 radical (unpaired) electrons. The third kappa shape index (κ3) is 8.03. The van der Waals surface area contributed by atoms with Gasteiger partial charge in [0.1, 0.15) is 6.04 Å². The van der Waals surface area contributed by atoms with Gasteiger partial charge in [0, 0.05) is 12.1 Å². The van der Waals surface area contributed by atoms with E-state index in [0.29, 0.717) is 18.0 Å². The Morgan fingerprint density at radius 2 is 1.61 bits per heavy atom. The number of methoxy groups -OCH3 is 1. The maximum atomic E-state index is 12.6. The lowest BCUT2D eigenvalue weighted by Gasteiger charge is -2.22. The standard InChI is InChI=1S/C24H32N4O5/c1-15(2)21(26-24(31)25-14-17-9-7-6-8-10-17)23(30)28-27-22(29)18-11-12-19(33-16(3)4)20(13-18)32-5/h6-13,15-16,21H,14H2,1-5H3,(H,27,29)(H,28,30)(H2,25,26,31)/t21-/m0/s1. The zero-order chi connectivity index (χ0) is 24.4. The van der Waals surface area contributed by atoms with Crippen molar-refractivity contribution < 1.29 is 23.9 Å². The minimum absolute atomic E-state index is 0.0526. The zero-order valence-electron chi connectivity index (χ0n) is 19.6. The number of amides is 4. The summed E-state index contributed by atoms with van der Waals surface area (Å²) < 4.78 is 10.9. The van der Waals surface area contributed by atoms with Crippen LogP contribution in [0.1, 0.15) is 43.6 Å². The predicted octanol–water partition coefficient (Wildman–Crippen LogP) is 2.77. The van der Waals surface area contributed by atoms with Gasteiger partial charge in [-0.1, -0.05) is 44.2 Å². The van der Waals surface area contributed by atoms with Crippen molar-refractivity contribution in [2.45, 2.75) is 46.4 Å². The molecule has 33 heavy (non-hydrogen) atoms. The van der Waals surface area contributed by atoms with Gasteiger partial charge >= 0.3 is 6.03 Å². The Morgan fingerprint density at radius 1 is 0.909 bits per heavy atom. The van der Waals surface area contributed by atoms with Gasteiger partial charge in [0.15, 0.2) is 11.5 Å². The van der Waals surface area contributed by atoms with E-state index in [0.717, 1.165) is 5.56 Å². The van der Waals surface area contributed by atoms with Gasteiger partial charge in [-0.05, 0) is 43.5 Å². The van der Waals surface area contributed by atoms with Crippen LogP contribution in [0.25, 0.3) is 0 Å². The SMILES string of the molecule is COc1cc(C(=O)NNC(=O)[C@@H](NC(=O)NCc2ccccc2)C(C)C)ccc1OC(C)C. The van der Waals surface area contributed by atoms with Gasteiger partial charge in [-0.2, -0.15) is 0 Å². The fourth-order valence-electron chi connectivity index (χ4n) is 2.93. The highest BCUT2D eigenvalue weighted by atomic mass is 16.5. The van der Waals surface area contributed by atoms with Crippen LogP contribution in [0.3, 0.4) is 0 Å². The summed E-state index contributed by atoms with van der Waals surface area (Å²) in [6.45, 7) is 7.69. The van der Waals surface area contributed by atoms with Crippen molar-refractivity contribution in [2.75, 3.05) is 7.11 Å². The first kappa shape index (κ1) is 25.5. The number of carbonyl (C=O) groups is 3. The molecule has 4 amide bonds. The topological polar surface area (TPSA) is 118 Å². The van der Waals surface area contributed by atoms with Gasteiger partial charge in [0.2, 0.25) is 0 Å². The second kappa shape index (κ2) is 12.3. The van der Waals surface area contributed by atoms with Gasteiger partial charge in [0.25, 0.3) is 11.8 Å². The quantitative estimate of drug-likeness (QED) is 0.433. The smallest absolute Gasteiger partial charge is 0.315 e. The fraction of sp³-hybridized carbons (Fsp3) is 0.375. The second-order valence-electron chi connectivity index (χ2n) is 8.01. The van der Waals surface area contributed by atoms with Crippen molar-refractivity contribution in [3.05, 3.63) is 59.7 Å². The van der Waals surface area contributed by atoms with Crippen LogP contribution in [0.4, 0.5) is 4.79 Å². The number of hydrogen-bond acceptors (Lipinski definition) is 5. The molecule has 0 bridgehead atoms. The van der Waals surface area contributed by atoms with Gasteiger partial charge < -0.3 is 20.1 Å². The first-order chi connectivity index (χ1) is 15.7. The summed E-state index contributed by atoms with van der Waals surface area (Å²) in [6, 6.07) is 12.8. The summed E-state index contributed by atoms with van der Waals surface area (Å²) in [5.41, 5.74) is 5.95. The summed E-state index contributed by atoms with van der Waals surface area (Å²) in [7, 11) is 1.48. The molecule has 0 spiro atoms. The lowest BCUT2D eigenvalue weighted by Crippen LogP contribution is -2.55. The Bertz CT molecular complexity index is 947. The first-order valence-electron chi connectivity index (χ1n) is 10.7. The molecule has 1 atom stereocenters. The van der Waals surface area contributed by atoms with Gasteiger partial charge in [-0.3, -0.25) is 20.4 Å². The fourth-order valence-corrected chi connectivity index (χ4v) is 2.93. The number of hydrazine groups is 1. The predicted molar refractivity (Wildman–Crippen MR) is 125 cm³/mol. The van der Waals surface area contributed by atoms with Crippen molar-refractivity contribution in [2.24, 2.45) is 5.92 Å². The average Bonchev–Trinajstić information content (AvgIpc) is 2.79. The highest BCUT2D eigenvalue weighted by Gasteiger charge is 2.25. The van der Waals surface area contributed by atoms with E-state index in [4.69, 9.17) is 9.47 Å². The molecular formula is C24H32N4O5. The summed E-state index contributed by atoms with van der Waals surface area (Å²) in [5, 5.41) is 5.36. The van der Waals surface area contributed by atoms with E-state index in [2.05, 4.69) is 21.5 Å². The molecule has 0 heterocycles. The molecule has 2 aromatic rings. The Hall–Kier alpha value is -3.75. The summed E-state index contributed by atoms with van der Waals surface area (Å²) in [5.74, 6) is -0.371. The molecule has 178 valence electrons. The third-order valence-electron chi connectivity index (χ3n) is 4.62. The molecule has 9 heteroatoms. The molecule has 2 aromatic carbocycles. The van der Waals surface area contributed by atoms with Crippen molar-refractivity contribution in [1.82, 2.24) is 21.5 Å². The molecule has 0 saturated heterocycles. The number of carbonyl (C=O) groups excluding carboxylic acids is 3. The van der Waals surface area contributed by atoms with E-state index in [9.17, 15) is 14.4 Å². The first-order valence-corrected chi connectivity index (χ1v) is 10.7. The number of nitrogens with one attached hydrogen (secondary N) is 4. The monoisotopic (exact) mass is 456 g/mol. The molecule has 0 saturated carbocycles. The number of urea groups is 1. The minimum Gasteiger partial charge on any atom is -0.493 e. The highest BCUT2D eigenvalue weighted by molar-refractivity contribution is 5.97. The third-order valence-corrected chi connectivity index (χ3v) is 4.62. The molecule has 2 rings (SSSR count). The molecule has 9 nitrogen and oxygen atoms in total. The van der Waals surface area contributed by atoms with E-state index < -0.39 is 23.9 Å². The summed E-state index contributed by atoms with van der Waals surface area (Å²) in [6.07, 6.45) is -0.0526. The van der Waals surface area contributed by atoms with Crippen LogP contribution in [-0.4, -0.2) is 37.1 Å². The Kier molecular flexibility index (Phi) is 9.53. The molecule has 0 aromatic heterocycles. The van der Waals surface area contributed by atoms with Crippen molar-refractivity contribution >= 4 is 17.8 Å². The summed E-state index contributed by atoms with van der Waals surface area (Å²) >= 11 is 0. The van der Waals surface area contributed by atoms with Crippen LogP contribution < -0.4 is 31.0 Å². The van der Waals surface area contributed by atoms with Crippen LogP contribution in [0.2, 0.25) is 0 Å². The van der Waals surface area contributed by atoms with Crippen LogP contribution in [-0.2, 0) is 11.3 Å². The molecule has 0 aliphatic carbocycles. The lowest BCUT2D eigenvalue weighted by atomic mass is 10.0. The van der Waals surface area contributed by atoms with Crippen LogP contribution in [0.5, 0.6) is 11.5 Å². The van der Waals surface area contributed by atoms with Gasteiger partial charge in [0.05, 0.1) is 13.2 Å². The number of benzene rings is 2. The second-order valence-corrected chi connectivity index (χ2v) is 8.01. The van der Waals surface area contributed by atoms with Crippen molar-refractivity contribution in [3.8, 4) is 11.5 Å². The highest BCUT2D eigenvalue weighted by Crippen LogP contribution is 2.28. The number of ether oxygens (including phenoxy) is 2. The Labute approximate surface area is 194 Å². The largest absolute Gasteiger partial charge is 0.493 e. The normalized spacial score (nSPS) is 11.5. The van der Waals surface area contributed by atoms with Crippen LogP contribution in [0, 0.1) is 5.92 Å². The molecule has 0 aliphatic rings. The van der Waals surface area contributed by atoms with Crippen LogP contribution in [0.15, 0.2) is 48.5 Å². The molecular weight excluding hydrogens is 424 g/mol. The van der Waals surface area contributed by atoms with E-state index in [1.807, 2.05) is 44.2 Å². The van der Waals surface area contributed by atoms with Crippen LogP contribution >= 0.6 is 0 Å². The Balaban J connectivity index is 1.93. The van der Waals surface area contributed by atoms with Crippen molar-refractivity contribution in [3.63, 3.8) is 0 Å². The summed E-state index contributed by atoms with van der Waals surface area (Å²) in [4.78, 5) is 37.4. The van der Waals surface area contributed by atoms with Gasteiger partial charge in [-0.25, -0.2) is 4.79 Å². The number of rotatable bonds is 9. The lowest BCUT2D eigenvalue weighted by molar-refractivity contribution is -0.124. The molecule has 0 aliphatic heterocycles. The average molecular weight is 457 g/mol. The maximum Gasteiger partial charge on any atom is 0.315 e. The maximum absolute atomic E-state index is 12.6. The van der Waals surface area contributed by atoms with E-state index in [1.165, 1.54) is 13.2 Å². The Morgan fingerprint density at radius 3 is 2.21 bits per heavy atom. The van der Waals surface area contributed by atoms with Gasteiger partial charge in [-0.15, -0.1) is 0 Å². The molecule has 0 fully saturated rings. The van der Waals surface area contributed by atoms with E-state index >= 15 is 0 Å².